The molecule has 5 nitrogen and oxygen atoms in total. The smallest absolute Gasteiger partial charge is 0.315 e. The number of benzene rings is 1. The standard InChI is InChI=1S/C19H30N2O3/c1-2-10-24-14-17-8-4-3-7-16(17)13-21-19(23)20-12-15-6-5-9-18(22)11-15/h3-4,7-8,15,18,22H,2,5-6,9-14H2,1H3,(H2,20,21,23). The van der Waals surface area contributed by atoms with Crippen molar-refractivity contribution in [3.8, 4) is 0 Å². The van der Waals surface area contributed by atoms with E-state index in [2.05, 4.69) is 17.6 Å². The summed E-state index contributed by atoms with van der Waals surface area (Å²) in [6.45, 7) is 4.53. The maximum atomic E-state index is 12.0. The van der Waals surface area contributed by atoms with E-state index in [-0.39, 0.29) is 12.1 Å². The lowest BCUT2D eigenvalue weighted by Crippen LogP contribution is -2.39. The molecule has 5 heteroatoms. The fourth-order valence-electron chi connectivity index (χ4n) is 3.12. The van der Waals surface area contributed by atoms with Crippen molar-refractivity contribution in [1.29, 1.82) is 0 Å². The van der Waals surface area contributed by atoms with E-state index >= 15 is 0 Å². The third-order valence-corrected chi connectivity index (χ3v) is 4.47. The number of carbonyl (C=O) groups excluding carboxylic acids is 1. The van der Waals surface area contributed by atoms with Gasteiger partial charge in [0.05, 0.1) is 12.7 Å². The summed E-state index contributed by atoms with van der Waals surface area (Å²) >= 11 is 0. The molecular formula is C19H30N2O3. The molecule has 0 heterocycles. The van der Waals surface area contributed by atoms with E-state index in [1.165, 1.54) is 0 Å². The Hall–Kier alpha value is -1.59. The molecule has 1 aliphatic carbocycles. The van der Waals surface area contributed by atoms with E-state index in [0.717, 1.165) is 49.8 Å². The molecule has 2 unspecified atom stereocenters. The van der Waals surface area contributed by atoms with Crippen molar-refractivity contribution < 1.29 is 14.6 Å². The average Bonchev–Trinajstić information content (AvgIpc) is 2.59. The van der Waals surface area contributed by atoms with E-state index in [9.17, 15) is 9.90 Å². The second-order valence-electron chi connectivity index (χ2n) is 6.57. The molecule has 1 aliphatic rings. The number of rotatable bonds is 8. The summed E-state index contributed by atoms with van der Waals surface area (Å²) in [6.07, 6.45) is 4.59. The minimum Gasteiger partial charge on any atom is -0.393 e. The Labute approximate surface area is 144 Å². The number of carbonyl (C=O) groups is 1. The first-order chi connectivity index (χ1) is 11.7. The van der Waals surface area contributed by atoms with Gasteiger partial charge in [0, 0.05) is 19.7 Å². The molecule has 1 aromatic carbocycles. The summed E-state index contributed by atoms with van der Waals surface area (Å²) < 4.78 is 5.60. The lowest BCUT2D eigenvalue weighted by atomic mass is 9.87. The van der Waals surface area contributed by atoms with Crippen LogP contribution in [0.1, 0.15) is 50.2 Å². The van der Waals surface area contributed by atoms with Crippen LogP contribution in [-0.2, 0) is 17.9 Å². The zero-order valence-corrected chi connectivity index (χ0v) is 14.6. The van der Waals surface area contributed by atoms with Crippen molar-refractivity contribution in [2.75, 3.05) is 13.2 Å². The average molecular weight is 334 g/mol. The summed E-state index contributed by atoms with van der Waals surface area (Å²) in [5.41, 5.74) is 2.19. The van der Waals surface area contributed by atoms with Crippen molar-refractivity contribution >= 4 is 6.03 Å². The van der Waals surface area contributed by atoms with E-state index < -0.39 is 0 Å². The molecule has 24 heavy (non-hydrogen) atoms. The van der Waals surface area contributed by atoms with Gasteiger partial charge in [-0.1, -0.05) is 37.6 Å². The van der Waals surface area contributed by atoms with Crippen LogP contribution in [-0.4, -0.2) is 30.4 Å². The topological polar surface area (TPSA) is 70.6 Å². The number of nitrogens with one attached hydrogen (secondary N) is 2. The highest BCUT2D eigenvalue weighted by Gasteiger charge is 2.20. The maximum Gasteiger partial charge on any atom is 0.315 e. The Kier molecular flexibility index (Phi) is 8.05. The van der Waals surface area contributed by atoms with Gasteiger partial charge in [0.2, 0.25) is 0 Å². The molecule has 134 valence electrons. The molecule has 1 saturated carbocycles. The van der Waals surface area contributed by atoms with Crippen LogP contribution in [0.2, 0.25) is 0 Å². The predicted molar refractivity (Wildman–Crippen MR) is 94.6 cm³/mol. The van der Waals surface area contributed by atoms with Crippen LogP contribution >= 0.6 is 0 Å². The lowest BCUT2D eigenvalue weighted by molar-refractivity contribution is 0.101. The number of urea groups is 1. The molecule has 0 spiro atoms. The van der Waals surface area contributed by atoms with Crippen LogP contribution in [0.25, 0.3) is 0 Å². The van der Waals surface area contributed by atoms with Crippen LogP contribution in [0.4, 0.5) is 4.79 Å². The van der Waals surface area contributed by atoms with Crippen LogP contribution in [0, 0.1) is 5.92 Å². The van der Waals surface area contributed by atoms with Crippen LogP contribution in [0.5, 0.6) is 0 Å². The normalized spacial score (nSPS) is 20.6. The summed E-state index contributed by atoms with van der Waals surface area (Å²) in [6, 6.07) is 7.86. The van der Waals surface area contributed by atoms with Gasteiger partial charge in [0.25, 0.3) is 0 Å². The predicted octanol–water partition coefficient (Wildman–Crippen LogP) is 2.96. The van der Waals surface area contributed by atoms with Crippen LogP contribution < -0.4 is 10.6 Å². The van der Waals surface area contributed by atoms with Crippen molar-refractivity contribution in [3.63, 3.8) is 0 Å². The molecule has 0 aliphatic heterocycles. The highest BCUT2D eigenvalue weighted by Crippen LogP contribution is 2.23. The van der Waals surface area contributed by atoms with Gasteiger partial charge in [-0.2, -0.15) is 0 Å². The summed E-state index contributed by atoms with van der Waals surface area (Å²) in [5.74, 6) is 0.384. The molecule has 0 aromatic heterocycles. The summed E-state index contributed by atoms with van der Waals surface area (Å²) in [4.78, 5) is 12.0. The molecule has 3 N–H and O–H groups in total. The number of aliphatic hydroxyl groups excluding tert-OH is 1. The Morgan fingerprint density at radius 3 is 2.79 bits per heavy atom. The van der Waals surface area contributed by atoms with Gasteiger partial charge in [-0.25, -0.2) is 4.79 Å². The van der Waals surface area contributed by atoms with E-state index in [4.69, 9.17) is 4.74 Å². The monoisotopic (exact) mass is 334 g/mol. The summed E-state index contributed by atoms with van der Waals surface area (Å²) in [7, 11) is 0. The zero-order chi connectivity index (χ0) is 17.2. The first-order valence-electron chi connectivity index (χ1n) is 9.03. The van der Waals surface area contributed by atoms with E-state index in [0.29, 0.717) is 25.6 Å². The Morgan fingerprint density at radius 1 is 1.25 bits per heavy atom. The number of hydrogen-bond acceptors (Lipinski definition) is 3. The van der Waals surface area contributed by atoms with Gasteiger partial charge in [0.15, 0.2) is 0 Å². The minimum atomic E-state index is -0.205. The number of aliphatic hydroxyl groups is 1. The van der Waals surface area contributed by atoms with Crippen molar-refractivity contribution in [2.24, 2.45) is 5.92 Å². The van der Waals surface area contributed by atoms with Gasteiger partial charge < -0.3 is 20.5 Å². The van der Waals surface area contributed by atoms with Gasteiger partial charge in [-0.15, -0.1) is 0 Å². The van der Waals surface area contributed by atoms with Crippen molar-refractivity contribution in [1.82, 2.24) is 10.6 Å². The van der Waals surface area contributed by atoms with E-state index in [1.807, 2.05) is 24.3 Å². The largest absolute Gasteiger partial charge is 0.393 e. The van der Waals surface area contributed by atoms with Crippen LogP contribution in [0.15, 0.2) is 24.3 Å². The van der Waals surface area contributed by atoms with E-state index in [1.54, 1.807) is 0 Å². The molecule has 0 radical (unpaired) electrons. The first kappa shape index (κ1) is 18.7. The Morgan fingerprint density at radius 2 is 2.04 bits per heavy atom. The van der Waals surface area contributed by atoms with Gasteiger partial charge in [-0.3, -0.25) is 0 Å². The maximum absolute atomic E-state index is 12.0. The molecule has 2 rings (SSSR count). The summed E-state index contributed by atoms with van der Waals surface area (Å²) in [5, 5.41) is 15.5. The third kappa shape index (κ3) is 6.49. The highest BCUT2D eigenvalue weighted by molar-refractivity contribution is 5.73. The van der Waals surface area contributed by atoms with Crippen molar-refractivity contribution in [3.05, 3.63) is 35.4 Å². The first-order valence-corrected chi connectivity index (χ1v) is 9.03. The van der Waals surface area contributed by atoms with Gasteiger partial charge in [-0.05, 0) is 42.7 Å². The molecule has 2 atom stereocenters. The second kappa shape index (κ2) is 10.3. The Balaban J connectivity index is 1.73. The molecule has 0 bridgehead atoms. The fourth-order valence-corrected chi connectivity index (χ4v) is 3.12. The second-order valence-corrected chi connectivity index (χ2v) is 6.57. The zero-order valence-electron chi connectivity index (χ0n) is 14.6. The van der Waals surface area contributed by atoms with Crippen molar-refractivity contribution in [2.45, 2.75) is 58.3 Å². The van der Waals surface area contributed by atoms with Gasteiger partial charge in [0.1, 0.15) is 0 Å². The highest BCUT2D eigenvalue weighted by atomic mass is 16.5. The third-order valence-electron chi connectivity index (χ3n) is 4.47. The molecule has 1 fully saturated rings. The molecule has 2 amide bonds. The Bertz CT molecular complexity index is 507. The SMILES string of the molecule is CCCOCc1ccccc1CNC(=O)NCC1CCCC(O)C1. The van der Waals surface area contributed by atoms with Crippen LogP contribution in [0.3, 0.4) is 0 Å². The molecule has 1 aromatic rings. The number of hydrogen-bond donors (Lipinski definition) is 3. The van der Waals surface area contributed by atoms with Gasteiger partial charge >= 0.3 is 6.03 Å². The number of ether oxygens (including phenoxy) is 1. The fraction of sp³-hybridized carbons (Fsp3) is 0.632. The lowest BCUT2D eigenvalue weighted by Gasteiger charge is -2.25. The minimum absolute atomic E-state index is 0.153. The quantitative estimate of drug-likeness (QED) is 0.640. The number of amides is 2. The molecule has 0 saturated heterocycles. The molecular weight excluding hydrogens is 304 g/mol.